The maximum absolute atomic E-state index is 12.4. The molecule has 2 heterocycles. The second kappa shape index (κ2) is 7.48. The summed E-state index contributed by atoms with van der Waals surface area (Å²) in [5.74, 6) is 0.274. The topological polar surface area (TPSA) is 80.9 Å². The SMILES string of the molecule is Cc1ccc(NC(=O)[C@H](C)Sc2nnc(-c3cccnc3)o2)c(C)c1. The monoisotopic (exact) mass is 354 g/mol. The number of hydrogen-bond acceptors (Lipinski definition) is 6. The van der Waals surface area contributed by atoms with Crippen molar-refractivity contribution in [1.29, 1.82) is 0 Å². The van der Waals surface area contributed by atoms with Crippen LogP contribution in [0.15, 0.2) is 52.4 Å². The Morgan fingerprint density at radius 1 is 1.24 bits per heavy atom. The number of aromatic nitrogens is 3. The van der Waals surface area contributed by atoms with Crippen molar-refractivity contribution >= 4 is 23.4 Å². The van der Waals surface area contributed by atoms with Gasteiger partial charge in [-0.15, -0.1) is 10.2 Å². The lowest BCUT2D eigenvalue weighted by Gasteiger charge is -2.12. The van der Waals surface area contributed by atoms with Crippen molar-refractivity contribution in [2.45, 2.75) is 31.2 Å². The summed E-state index contributed by atoms with van der Waals surface area (Å²) in [6.07, 6.45) is 3.33. The molecule has 0 spiro atoms. The fourth-order valence-corrected chi connectivity index (χ4v) is 2.94. The summed E-state index contributed by atoms with van der Waals surface area (Å²) in [7, 11) is 0. The van der Waals surface area contributed by atoms with Crippen molar-refractivity contribution in [3.8, 4) is 11.5 Å². The first-order valence-corrected chi connectivity index (χ1v) is 8.69. The maximum atomic E-state index is 12.4. The van der Waals surface area contributed by atoms with E-state index in [1.165, 1.54) is 11.8 Å². The predicted molar refractivity (Wildman–Crippen MR) is 97.4 cm³/mol. The lowest BCUT2D eigenvalue weighted by atomic mass is 10.1. The summed E-state index contributed by atoms with van der Waals surface area (Å²) in [5.41, 5.74) is 3.74. The van der Waals surface area contributed by atoms with E-state index >= 15 is 0 Å². The Balaban J connectivity index is 1.65. The van der Waals surface area contributed by atoms with E-state index in [0.29, 0.717) is 11.1 Å². The molecule has 0 bridgehead atoms. The number of hydrogen-bond donors (Lipinski definition) is 1. The van der Waals surface area contributed by atoms with Crippen molar-refractivity contribution < 1.29 is 9.21 Å². The summed E-state index contributed by atoms with van der Waals surface area (Å²) in [5, 5.41) is 10.9. The average molecular weight is 354 g/mol. The Morgan fingerprint density at radius 3 is 2.80 bits per heavy atom. The van der Waals surface area contributed by atoms with Gasteiger partial charge >= 0.3 is 0 Å². The molecule has 0 unspecified atom stereocenters. The van der Waals surface area contributed by atoms with Crippen LogP contribution in [-0.2, 0) is 4.79 Å². The number of carbonyl (C=O) groups excluding carboxylic acids is 1. The van der Waals surface area contributed by atoms with Crippen molar-refractivity contribution in [2.75, 3.05) is 5.32 Å². The zero-order valence-corrected chi connectivity index (χ0v) is 15.0. The van der Waals surface area contributed by atoms with Gasteiger partial charge in [0.05, 0.1) is 10.8 Å². The van der Waals surface area contributed by atoms with E-state index in [0.717, 1.165) is 22.4 Å². The second-order valence-corrected chi connectivity index (χ2v) is 6.97. The number of thioether (sulfide) groups is 1. The number of aryl methyl sites for hydroxylation is 2. The molecule has 1 atom stereocenters. The minimum Gasteiger partial charge on any atom is -0.411 e. The zero-order valence-electron chi connectivity index (χ0n) is 14.2. The number of anilines is 1. The smallest absolute Gasteiger partial charge is 0.277 e. The Kier molecular flexibility index (Phi) is 5.14. The molecule has 0 fully saturated rings. The summed E-state index contributed by atoms with van der Waals surface area (Å²) < 4.78 is 5.60. The fourth-order valence-electron chi connectivity index (χ4n) is 2.26. The van der Waals surface area contributed by atoms with Gasteiger partial charge in [-0.1, -0.05) is 29.5 Å². The van der Waals surface area contributed by atoms with Gasteiger partial charge in [-0.25, -0.2) is 0 Å². The largest absolute Gasteiger partial charge is 0.411 e. The minimum atomic E-state index is -0.372. The van der Waals surface area contributed by atoms with Crippen molar-refractivity contribution in [3.05, 3.63) is 53.9 Å². The number of nitrogens with one attached hydrogen (secondary N) is 1. The first-order chi connectivity index (χ1) is 12.0. The van der Waals surface area contributed by atoms with E-state index in [-0.39, 0.29) is 11.2 Å². The van der Waals surface area contributed by atoms with Gasteiger partial charge in [-0.3, -0.25) is 9.78 Å². The third-order valence-electron chi connectivity index (χ3n) is 3.60. The third kappa shape index (κ3) is 4.24. The predicted octanol–water partition coefficient (Wildman–Crippen LogP) is 3.87. The number of amides is 1. The summed E-state index contributed by atoms with van der Waals surface area (Å²) in [6, 6.07) is 9.55. The zero-order chi connectivity index (χ0) is 17.8. The molecule has 0 radical (unpaired) electrons. The number of carbonyl (C=O) groups is 1. The van der Waals surface area contributed by atoms with E-state index in [4.69, 9.17) is 4.42 Å². The summed E-state index contributed by atoms with van der Waals surface area (Å²) in [4.78, 5) is 16.4. The Morgan fingerprint density at radius 2 is 2.08 bits per heavy atom. The van der Waals surface area contributed by atoms with E-state index in [1.807, 2.05) is 38.1 Å². The maximum Gasteiger partial charge on any atom is 0.277 e. The van der Waals surface area contributed by atoms with E-state index in [1.54, 1.807) is 25.4 Å². The standard InChI is InChI=1S/C18H18N4O2S/c1-11-6-7-15(12(2)9-11)20-16(23)13(3)25-18-22-21-17(24-18)14-5-4-8-19-10-14/h4-10,13H,1-3H3,(H,20,23)/t13-/m0/s1. The second-order valence-electron chi connectivity index (χ2n) is 5.68. The van der Waals surface area contributed by atoms with Crippen LogP contribution in [0.4, 0.5) is 5.69 Å². The quantitative estimate of drug-likeness (QED) is 0.701. The van der Waals surface area contributed by atoms with Gasteiger partial charge in [0.15, 0.2) is 0 Å². The molecule has 0 aliphatic rings. The van der Waals surface area contributed by atoms with E-state index in [9.17, 15) is 4.79 Å². The highest BCUT2D eigenvalue weighted by molar-refractivity contribution is 8.00. The van der Waals surface area contributed by atoms with Crippen LogP contribution >= 0.6 is 11.8 Å². The molecule has 3 aromatic rings. The normalized spacial score (nSPS) is 12.0. The number of nitrogens with zero attached hydrogens (tertiary/aromatic N) is 3. The number of benzene rings is 1. The molecular weight excluding hydrogens is 336 g/mol. The lowest BCUT2D eigenvalue weighted by molar-refractivity contribution is -0.115. The van der Waals surface area contributed by atoms with Crippen LogP contribution < -0.4 is 5.32 Å². The molecule has 25 heavy (non-hydrogen) atoms. The van der Waals surface area contributed by atoms with Crippen LogP contribution in [0, 0.1) is 13.8 Å². The van der Waals surface area contributed by atoms with Gasteiger partial charge in [0, 0.05) is 18.1 Å². The highest BCUT2D eigenvalue weighted by atomic mass is 32.2. The molecule has 3 rings (SSSR count). The number of rotatable bonds is 5. The van der Waals surface area contributed by atoms with Crippen LogP contribution in [0.5, 0.6) is 0 Å². The summed E-state index contributed by atoms with van der Waals surface area (Å²) in [6.45, 7) is 5.79. The molecular formula is C18H18N4O2S. The average Bonchev–Trinajstić information content (AvgIpc) is 3.06. The molecule has 2 aromatic heterocycles. The molecule has 1 N–H and O–H groups in total. The van der Waals surface area contributed by atoms with Crippen LogP contribution in [0.2, 0.25) is 0 Å². The first-order valence-electron chi connectivity index (χ1n) is 7.81. The van der Waals surface area contributed by atoms with Crippen molar-refractivity contribution in [1.82, 2.24) is 15.2 Å². The van der Waals surface area contributed by atoms with Crippen LogP contribution in [-0.4, -0.2) is 26.3 Å². The van der Waals surface area contributed by atoms with Crippen LogP contribution in [0.1, 0.15) is 18.1 Å². The molecule has 0 saturated heterocycles. The molecule has 1 amide bonds. The molecule has 0 aliphatic carbocycles. The van der Waals surface area contributed by atoms with E-state index in [2.05, 4.69) is 20.5 Å². The highest BCUT2D eigenvalue weighted by Crippen LogP contribution is 2.26. The highest BCUT2D eigenvalue weighted by Gasteiger charge is 2.19. The van der Waals surface area contributed by atoms with Crippen molar-refractivity contribution in [3.63, 3.8) is 0 Å². The molecule has 128 valence electrons. The van der Waals surface area contributed by atoms with Gasteiger partial charge in [-0.2, -0.15) is 0 Å². The lowest BCUT2D eigenvalue weighted by Crippen LogP contribution is -2.22. The molecule has 0 aliphatic heterocycles. The van der Waals surface area contributed by atoms with E-state index < -0.39 is 0 Å². The molecule has 0 saturated carbocycles. The Bertz CT molecular complexity index is 880. The summed E-state index contributed by atoms with van der Waals surface area (Å²) >= 11 is 1.22. The molecule has 7 heteroatoms. The van der Waals surface area contributed by atoms with Gasteiger partial charge in [0.25, 0.3) is 5.22 Å². The van der Waals surface area contributed by atoms with Crippen LogP contribution in [0.25, 0.3) is 11.5 Å². The molecule has 1 aromatic carbocycles. The molecule has 6 nitrogen and oxygen atoms in total. The van der Waals surface area contributed by atoms with Gasteiger partial charge in [0.2, 0.25) is 11.8 Å². The van der Waals surface area contributed by atoms with Crippen molar-refractivity contribution in [2.24, 2.45) is 0 Å². The van der Waals surface area contributed by atoms with Gasteiger partial charge in [0.1, 0.15) is 0 Å². The van der Waals surface area contributed by atoms with Gasteiger partial charge in [-0.05, 0) is 44.5 Å². The van der Waals surface area contributed by atoms with Gasteiger partial charge < -0.3 is 9.73 Å². The fraction of sp³-hybridized carbons (Fsp3) is 0.222. The Hall–Kier alpha value is -2.67. The minimum absolute atomic E-state index is 0.113. The van der Waals surface area contributed by atoms with Crippen LogP contribution in [0.3, 0.4) is 0 Å². The third-order valence-corrected chi connectivity index (χ3v) is 4.54. The Labute approximate surface area is 150 Å². The first kappa shape index (κ1) is 17.2. The number of pyridine rings is 1.